The van der Waals surface area contributed by atoms with E-state index < -0.39 is 0 Å². The Bertz CT molecular complexity index is 311. The van der Waals surface area contributed by atoms with Crippen LogP contribution >= 0.6 is 0 Å². The van der Waals surface area contributed by atoms with Crippen molar-refractivity contribution in [1.82, 2.24) is 4.98 Å². The van der Waals surface area contributed by atoms with Crippen LogP contribution in [-0.2, 0) is 0 Å². The van der Waals surface area contributed by atoms with E-state index in [4.69, 9.17) is 0 Å². The molecule has 0 aromatic carbocycles. The van der Waals surface area contributed by atoms with Crippen molar-refractivity contribution in [2.24, 2.45) is 5.92 Å². The van der Waals surface area contributed by atoms with Crippen molar-refractivity contribution in [3.63, 3.8) is 0 Å². The zero-order chi connectivity index (χ0) is 9.84. The third-order valence-electron chi connectivity index (χ3n) is 2.34. The van der Waals surface area contributed by atoms with E-state index in [-0.39, 0.29) is 0 Å². The normalized spacial score (nSPS) is 12.2. The number of rotatable bonds is 2. The van der Waals surface area contributed by atoms with Gasteiger partial charge in [0.15, 0.2) is 0 Å². The molecule has 1 aromatic rings. The molecule has 0 spiro atoms. The second kappa shape index (κ2) is 4.22. The van der Waals surface area contributed by atoms with Crippen LogP contribution in [-0.4, -0.2) is 4.98 Å². The minimum Gasteiger partial charge on any atom is -0.261 e. The Labute approximate surface area is 80.5 Å². The Morgan fingerprint density at radius 3 is 2.69 bits per heavy atom. The highest BCUT2D eigenvalue weighted by molar-refractivity contribution is 5.54. The third-order valence-corrected chi connectivity index (χ3v) is 2.34. The highest BCUT2D eigenvalue weighted by atomic mass is 14.7. The predicted molar refractivity (Wildman–Crippen MR) is 57.5 cm³/mol. The summed E-state index contributed by atoms with van der Waals surface area (Å²) in [6, 6.07) is 4.08. The second-order valence-corrected chi connectivity index (χ2v) is 3.72. The zero-order valence-electron chi connectivity index (χ0n) is 8.83. The Morgan fingerprint density at radius 2 is 2.15 bits per heavy atom. The molecule has 70 valence electrons. The van der Waals surface area contributed by atoms with E-state index >= 15 is 0 Å². The molecule has 0 aliphatic rings. The molecule has 0 saturated heterocycles. The fraction of sp³-hybridized carbons (Fsp3) is 0.417. The van der Waals surface area contributed by atoms with Gasteiger partial charge in [-0.05, 0) is 31.4 Å². The molecule has 13 heavy (non-hydrogen) atoms. The average molecular weight is 175 g/mol. The molecular formula is C12H17N. The van der Waals surface area contributed by atoms with Crippen LogP contribution in [0.5, 0.6) is 0 Å². The van der Waals surface area contributed by atoms with Gasteiger partial charge in [-0.3, -0.25) is 4.98 Å². The molecule has 1 heterocycles. The van der Waals surface area contributed by atoms with Crippen LogP contribution in [0.3, 0.4) is 0 Å². The van der Waals surface area contributed by atoms with E-state index in [2.05, 4.69) is 37.9 Å². The lowest BCUT2D eigenvalue weighted by Gasteiger charge is -2.05. The molecular weight excluding hydrogens is 158 g/mol. The number of pyridine rings is 1. The SMILES string of the molecule is C/C(=C\c1cccnc1C)C(C)C. The van der Waals surface area contributed by atoms with Crippen molar-refractivity contribution in [2.45, 2.75) is 27.7 Å². The summed E-state index contributed by atoms with van der Waals surface area (Å²) in [5.74, 6) is 0.611. The Kier molecular flexibility index (Phi) is 3.24. The van der Waals surface area contributed by atoms with Gasteiger partial charge in [-0.25, -0.2) is 0 Å². The Hall–Kier alpha value is -1.11. The van der Waals surface area contributed by atoms with Crippen LogP contribution in [0.1, 0.15) is 32.0 Å². The van der Waals surface area contributed by atoms with Crippen molar-refractivity contribution < 1.29 is 0 Å². The number of hydrogen-bond acceptors (Lipinski definition) is 1. The molecule has 0 bridgehead atoms. The van der Waals surface area contributed by atoms with Gasteiger partial charge < -0.3 is 0 Å². The van der Waals surface area contributed by atoms with E-state index in [9.17, 15) is 0 Å². The van der Waals surface area contributed by atoms with Crippen LogP contribution < -0.4 is 0 Å². The fourth-order valence-electron chi connectivity index (χ4n) is 1.06. The summed E-state index contributed by atoms with van der Waals surface area (Å²) in [5, 5.41) is 0. The van der Waals surface area contributed by atoms with E-state index in [0.717, 1.165) is 5.69 Å². The average Bonchev–Trinajstić information content (AvgIpc) is 2.08. The lowest BCUT2D eigenvalue weighted by atomic mass is 10.0. The Morgan fingerprint density at radius 1 is 1.46 bits per heavy atom. The second-order valence-electron chi connectivity index (χ2n) is 3.72. The van der Waals surface area contributed by atoms with E-state index in [1.165, 1.54) is 11.1 Å². The third kappa shape index (κ3) is 2.69. The minimum absolute atomic E-state index is 0.611. The van der Waals surface area contributed by atoms with Crippen molar-refractivity contribution in [3.8, 4) is 0 Å². The molecule has 0 aliphatic heterocycles. The van der Waals surface area contributed by atoms with Gasteiger partial charge in [-0.1, -0.05) is 31.6 Å². The van der Waals surface area contributed by atoms with Crippen LogP contribution in [0.4, 0.5) is 0 Å². The van der Waals surface area contributed by atoms with E-state index in [0.29, 0.717) is 5.92 Å². The maximum Gasteiger partial charge on any atom is 0.0444 e. The fourth-order valence-corrected chi connectivity index (χ4v) is 1.06. The minimum atomic E-state index is 0.611. The molecule has 0 radical (unpaired) electrons. The topological polar surface area (TPSA) is 12.9 Å². The maximum atomic E-state index is 4.25. The Balaban J connectivity index is 2.97. The van der Waals surface area contributed by atoms with Gasteiger partial charge in [0, 0.05) is 11.9 Å². The summed E-state index contributed by atoms with van der Waals surface area (Å²) < 4.78 is 0. The monoisotopic (exact) mass is 175 g/mol. The smallest absolute Gasteiger partial charge is 0.0444 e. The number of aromatic nitrogens is 1. The van der Waals surface area contributed by atoms with Gasteiger partial charge in [0.1, 0.15) is 0 Å². The molecule has 1 nitrogen and oxygen atoms in total. The largest absolute Gasteiger partial charge is 0.261 e. The highest BCUT2D eigenvalue weighted by Crippen LogP contribution is 2.14. The summed E-state index contributed by atoms with van der Waals surface area (Å²) in [4.78, 5) is 4.25. The van der Waals surface area contributed by atoms with E-state index in [1.54, 1.807) is 0 Å². The summed E-state index contributed by atoms with van der Waals surface area (Å²) in [6.07, 6.45) is 4.05. The molecule has 0 fully saturated rings. The zero-order valence-corrected chi connectivity index (χ0v) is 8.83. The number of nitrogens with zero attached hydrogens (tertiary/aromatic N) is 1. The first-order valence-electron chi connectivity index (χ1n) is 4.71. The lowest BCUT2D eigenvalue weighted by Crippen LogP contribution is -1.90. The molecule has 0 amide bonds. The highest BCUT2D eigenvalue weighted by Gasteiger charge is 1.98. The molecule has 1 heteroatoms. The molecule has 0 atom stereocenters. The van der Waals surface area contributed by atoms with Gasteiger partial charge >= 0.3 is 0 Å². The summed E-state index contributed by atoms with van der Waals surface area (Å²) in [6.45, 7) is 8.62. The number of allylic oxidation sites excluding steroid dienone is 1. The molecule has 0 aliphatic carbocycles. The summed E-state index contributed by atoms with van der Waals surface area (Å²) in [7, 11) is 0. The molecule has 0 N–H and O–H groups in total. The van der Waals surface area contributed by atoms with Crippen LogP contribution in [0, 0.1) is 12.8 Å². The first-order chi connectivity index (χ1) is 6.11. The molecule has 1 aromatic heterocycles. The summed E-state index contributed by atoms with van der Waals surface area (Å²) >= 11 is 0. The van der Waals surface area contributed by atoms with Crippen LogP contribution in [0.2, 0.25) is 0 Å². The van der Waals surface area contributed by atoms with Crippen molar-refractivity contribution in [2.75, 3.05) is 0 Å². The maximum absolute atomic E-state index is 4.25. The predicted octanol–water partition coefficient (Wildman–Crippen LogP) is 3.45. The van der Waals surface area contributed by atoms with E-state index in [1.807, 2.05) is 19.2 Å². The van der Waals surface area contributed by atoms with Crippen molar-refractivity contribution in [1.29, 1.82) is 0 Å². The number of aryl methyl sites for hydroxylation is 1. The van der Waals surface area contributed by atoms with Gasteiger partial charge in [0.05, 0.1) is 0 Å². The first kappa shape index (κ1) is 9.97. The lowest BCUT2D eigenvalue weighted by molar-refractivity contribution is 0.775. The molecule has 0 saturated carbocycles. The molecule has 1 rings (SSSR count). The first-order valence-corrected chi connectivity index (χ1v) is 4.71. The van der Waals surface area contributed by atoms with Gasteiger partial charge in [-0.15, -0.1) is 0 Å². The summed E-state index contributed by atoms with van der Waals surface area (Å²) in [5.41, 5.74) is 3.73. The van der Waals surface area contributed by atoms with Crippen LogP contribution in [0.25, 0.3) is 6.08 Å². The standard InChI is InChI=1S/C12H17N/c1-9(2)10(3)8-12-6-5-7-13-11(12)4/h5-9H,1-4H3/b10-8+. The van der Waals surface area contributed by atoms with Gasteiger partial charge in [0.2, 0.25) is 0 Å². The van der Waals surface area contributed by atoms with Crippen LogP contribution in [0.15, 0.2) is 23.9 Å². The van der Waals surface area contributed by atoms with Gasteiger partial charge in [0.25, 0.3) is 0 Å². The number of hydrogen-bond donors (Lipinski definition) is 0. The van der Waals surface area contributed by atoms with Crippen molar-refractivity contribution >= 4 is 6.08 Å². The van der Waals surface area contributed by atoms with Gasteiger partial charge in [-0.2, -0.15) is 0 Å². The molecule has 0 unspecified atom stereocenters. The van der Waals surface area contributed by atoms with Crippen molar-refractivity contribution in [3.05, 3.63) is 35.2 Å². The quantitative estimate of drug-likeness (QED) is 0.671.